The van der Waals surface area contributed by atoms with Crippen molar-refractivity contribution >= 4 is 22.5 Å². The predicted octanol–water partition coefficient (Wildman–Crippen LogP) is 4.42. The van der Waals surface area contributed by atoms with E-state index in [0.29, 0.717) is 5.02 Å². The molecule has 0 bridgehead atoms. The first-order valence-corrected chi connectivity index (χ1v) is 7.28. The van der Waals surface area contributed by atoms with Crippen LogP contribution in [-0.4, -0.2) is 4.98 Å². The lowest BCUT2D eigenvalue weighted by Gasteiger charge is -2.27. The van der Waals surface area contributed by atoms with Crippen molar-refractivity contribution in [3.05, 3.63) is 76.4 Å². The maximum absolute atomic E-state index is 6.58. The van der Waals surface area contributed by atoms with E-state index in [1.54, 1.807) is 0 Å². The van der Waals surface area contributed by atoms with Gasteiger partial charge in [-0.15, -0.1) is 0 Å². The maximum Gasteiger partial charge on any atom is 0.0705 e. The van der Waals surface area contributed by atoms with Crippen LogP contribution in [0.3, 0.4) is 0 Å². The van der Waals surface area contributed by atoms with Crippen LogP contribution in [0.2, 0.25) is 5.02 Å². The van der Waals surface area contributed by atoms with Crippen molar-refractivity contribution in [3.8, 4) is 0 Å². The Balaban J connectivity index is 2.15. The van der Waals surface area contributed by atoms with Crippen LogP contribution in [0, 0.1) is 6.92 Å². The molecule has 0 amide bonds. The van der Waals surface area contributed by atoms with Gasteiger partial charge in [-0.1, -0.05) is 41.9 Å². The summed E-state index contributed by atoms with van der Waals surface area (Å²) in [6.45, 7) is 3.97. The summed E-state index contributed by atoms with van der Waals surface area (Å²) in [5.74, 6) is 0. The Bertz CT molecular complexity index is 809. The van der Waals surface area contributed by atoms with E-state index in [9.17, 15) is 0 Å². The van der Waals surface area contributed by atoms with Crippen molar-refractivity contribution in [1.29, 1.82) is 0 Å². The molecule has 21 heavy (non-hydrogen) atoms. The lowest BCUT2D eigenvalue weighted by atomic mass is 9.85. The molecule has 3 aromatic rings. The highest BCUT2D eigenvalue weighted by molar-refractivity contribution is 6.31. The molecule has 0 aliphatic carbocycles. The zero-order valence-electron chi connectivity index (χ0n) is 12.1. The number of hydrogen-bond donors (Lipinski definition) is 1. The number of halogens is 1. The SMILES string of the molecule is Cc1ccc2cc(C(C)(N)c3ccccc3Cl)ccc2n1. The molecule has 1 aromatic heterocycles. The van der Waals surface area contributed by atoms with Gasteiger partial charge in [0.1, 0.15) is 0 Å². The Labute approximate surface area is 129 Å². The first-order chi connectivity index (χ1) is 9.98. The molecule has 1 heterocycles. The second-order valence-electron chi connectivity index (χ2n) is 5.54. The molecule has 1 unspecified atom stereocenters. The molecule has 0 radical (unpaired) electrons. The van der Waals surface area contributed by atoms with Gasteiger partial charge in [0.15, 0.2) is 0 Å². The minimum absolute atomic E-state index is 0.641. The number of hydrogen-bond acceptors (Lipinski definition) is 2. The van der Waals surface area contributed by atoms with E-state index < -0.39 is 5.54 Å². The zero-order chi connectivity index (χ0) is 15.0. The van der Waals surface area contributed by atoms with E-state index in [0.717, 1.165) is 27.7 Å². The van der Waals surface area contributed by atoms with Crippen LogP contribution in [0.1, 0.15) is 23.7 Å². The number of benzene rings is 2. The second-order valence-corrected chi connectivity index (χ2v) is 5.95. The Morgan fingerprint density at radius 1 is 1.05 bits per heavy atom. The number of rotatable bonds is 2. The summed E-state index contributed by atoms with van der Waals surface area (Å²) in [6.07, 6.45) is 0. The van der Waals surface area contributed by atoms with E-state index >= 15 is 0 Å². The van der Waals surface area contributed by atoms with Crippen molar-refractivity contribution in [3.63, 3.8) is 0 Å². The van der Waals surface area contributed by atoms with Gasteiger partial charge >= 0.3 is 0 Å². The van der Waals surface area contributed by atoms with Crippen LogP contribution in [0.4, 0.5) is 0 Å². The third-order valence-corrected chi connectivity index (χ3v) is 4.19. The van der Waals surface area contributed by atoms with Crippen LogP contribution >= 0.6 is 11.6 Å². The molecule has 0 saturated heterocycles. The minimum atomic E-state index is -0.641. The number of nitrogens with zero attached hydrogens (tertiary/aromatic N) is 1. The summed E-state index contributed by atoms with van der Waals surface area (Å²) in [5.41, 5.74) is 9.87. The van der Waals surface area contributed by atoms with Crippen LogP contribution in [0.15, 0.2) is 54.6 Å². The summed E-state index contributed by atoms with van der Waals surface area (Å²) < 4.78 is 0. The zero-order valence-corrected chi connectivity index (χ0v) is 12.9. The van der Waals surface area contributed by atoms with Crippen LogP contribution < -0.4 is 5.73 Å². The van der Waals surface area contributed by atoms with Crippen LogP contribution in [0.25, 0.3) is 10.9 Å². The number of fused-ring (bicyclic) bond motifs is 1. The molecule has 3 heteroatoms. The fourth-order valence-electron chi connectivity index (χ4n) is 2.59. The Kier molecular flexibility index (Phi) is 3.44. The van der Waals surface area contributed by atoms with Crippen molar-refractivity contribution in [1.82, 2.24) is 4.98 Å². The van der Waals surface area contributed by atoms with Gasteiger partial charge in [-0.25, -0.2) is 0 Å². The Morgan fingerprint density at radius 2 is 1.81 bits per heavy atom. The van der Waals surface area contributed by atoms with Gasteiger partial charge in [-0.2, -0.15) is 0 Å². The molecule has 106 valence electrons. The van der Waals surface area contributed by atoms with Gasteiger partial charge in [0.2, 0.25) is 0 Å². The third-order valence-electron chi connectivity index (χ3n) is 3.86. The molecule has 0 aliphatic rings. The molecule has 2 N–H and O–H groups in total. The first kappa shape index (κ1) is 14.1. The quantitative estimate of drug-likeness (QED) is 0.760. The highest BCUT2D eigenvalue weighted by Crippen LogP contribution is 2.32. The smallest absolute Gasteiger partial charge is 0.0705 e. The fourth-order valence-corrected chi connectivity index (χ4v) is 2.92. The molecule has 3 rings (SSSR count). The number of nitrogens with two attached hydrogens (primary N) is 1. The van der Waals surface area contributed by atoms with Crippen molar-refractivity contribution in [2.24, 2.45) is 5.73 Å². The van der Waals surface area contributed by atoms with E-state index in [2.05, 4.69) is 17.1 Å². The molecular formula is C18H17ClN2. The highest BCUT2D eigenvalue weighted by Gasteiger charge is 2.26. The van der Waals surface area contributed by atoms with E-state index in [-0.39, 0.29) is 0 Å². The Hall–Kier alpha value is -1.90. The molecule has 0 aliphatic heterocycles. The Morgan fingerprint density at radius 3 is 2.57 bits per heavy atom. The monoisotopic (exact) mass is 296 g/mol. The lowest BCUT2D eigenvalue weighted by molar-refractivity contribution is 0.604. The second kappa shape index (κ2) is 5.14. The largest absolute Gasteiger partial charge is 0.318 e. The van der Waals surface area contributed by atoms with Gasteiger partial charge in [0.05, 0.1) is 11.1 Å². The summed E-state index contributed by atoms with van der Waals surface area (Å²) in [7, 11) is 0. The topological polar surface area (TPSA) is 38.9 Å². The van der Waals surface area contributed by atoms with E-state index in [4.69, 9.17) is 17.3 Å². The standard InChI is InChI=1S/C18H17ClN2/c1-12-7-8-13-11-14(9-10-17(13)21-12)18(2,20)15-5-3-4-6-16(15)19/h3-11H,20H2,1-2H3. The van der Waals surface area contributed by atoms with Gasteiger partial charge in [0, 0.05) is 16.1 Å². The van der Waals surface area contributed by atoms with Crippen LogP contribution in [-0.2, 0) is 5.54 Å². The molecule has 0 fully saturated rings. The van der Waals surface area contributed by atoms with Gasteiger partial charge in [-0.05, 0) is 49.2 Å². The summed E-state index contributed by atoms with van der Waals surface area (Å²) in [4.78, 5) is 4.52. The van der Waals surface area contributed by atoms with Crippen molar-refractivity contribution in [2.45, 2.75) is 19.4 Å². The van der Waals surface area contributed by atoms with Gasteiger partial charge in [-0.3, -0.25) is 4.98 Å². The highest BCUT2D eigenvalue weighted by atomic mass is 35.5. The number of pyridine rings is 1. The number of aryl methyl sites for hydroxylation is 1. The average Bonchev–Trinajstić information content (AvgIpc) is 2.47. The van der Waals surface area contributed by atoms with E-state index in [1.165, 1.54) is 0 Å². The summed E-state index contributed by atoms with van der Waals surface area (Å²) >= 11 is 6.31. The van der Waals surface area contributed by atoms with Gasteiger partial charge in [0.25, 0.3) is 0 Å². The number of aromatic nitrogens is 1. The molecule has 1 atom stereocenters. The summed E-state index contributed by atoms with van der Waals surface area (Å²) in [5, 5.41) is 1.77. The molecular weight excluding hydrogens is 280 g/mol. The van der Waals surface area contributed by atoms with Crippen LogP contribution in [0.5, 0.6) is 0 Å². The molecule has 0 spiro atoms. The lowest BCUT2D eigenvalue weighted by Crippen LogP contribution is -2.34. The molecule has 2 nitrogen and oxygen atoms in total. The normalized spacial score (nSPS) is 14.1. The average molecular weight is 297 g/mol. The minimum Gasteiger partial charge on any atom is -0.318 e. The third kappa shape index (κ3) is 2.53. The van der Waals surface area contributed by atoms with Crippen molar-refractivity contribution < 1.29 is 0 Å². The van der Waals surface area contributed by atoms with Gasteiger partial charge < -0.3 is 5.73 Å². The molecule has 0 saturated carbocycles. The molecule has 2 aromatic carbocycles. The maximum atomic E-state index is 6.58. The fraction of sp³-hybridized carbons (Fsp3) is 0.167. The predicted molar refractivity (Wildman–Crippen MR) is 88.6 cm³/mol. The van der Waals surface area contributed by atoms with E-state index in [1.807, 2.05) is 56.3 Å². The first-order valence-electron chi connectivity index (χ1n) is 6.90. The van der Waals surface area contributed by atoms with Crippen molar-refractivity contribution in [2.75, 3.05) is 0 Å². The summed E-state index contributed by atoms with van der Waals surface area (Å²) in [6, 6.07) is 17.9.